The molecule has 5 nitrogen and oxygen atoms in total. The Hall–Kier alpha value is -1.46. The van der Waals surface area contributed by atoms with Gasteiger partial charge in [-0.1, -0.05) is 43.1 Å². The summed E-state index contributed by atoms with van der Waals surface area (Å²) >= 11 is 12.0. The Morgan fingerprint density at radius 2 is 1.67 bits per heavy atom. The predicted octanol–water partition coefficient (Wildman–Crippen LogP) is 3.91. The fourth-order valence-electron chi connectivity index (χ4n) is 1.87. The highest BCUT2D eigenvalue weighted by Gasteiger charge is 2.23. The zero-order valence-corrected chi connectivity index (χ0v) is 16.1. The summed E-state index contributed by atoms with van der Waals surface area (Å²) in [5, 5.41) is 6.17. The monoisotopic (exact) mass is 374 g/mol. The normalized spacial score (nSPS) is 11.8. The Balaban J connectivity index is 2.50. The van der Waals surface area contributed by atoms with Crippen molar-refractivity contribution in [1.29, 1.82) is 0 Å². The van der Waals surface area contributed by atoms with Gasteiger partial charge in [0, 0.05) is 12.0 Å². The molecule has 1 aromatic rings. The zero-order valence-electron chi connectivity index (χ0n) is 14.6. The SMILES string of the molecule is CC(C)(C)OC(=O)NCC(=O)NCC(C)(C)c1ccc(Cl)c(Cl)c1. The highest BCUT2D eigenvalue weighted by Crippen LogP contribution is 2.29. The first-order valence-electron chi connectivity index (χ1n) is 7.60. The number of rotatable bonds is 5. The van der Waals surface area contributed by atoms with Crippen LogP contribution in [0.2, 0.25) is 10.0 Å². The van der Waals surface area contributed by atoms with Crippen LogP contribution in [-0.2, 0) is 14.9 Å². The lowest BCUT2D eigenvalue weighted by Crippen LogP contribution is -2.43. The molecule has 0 radical (unpaired) electrons. The number of halogens is 2. The van der Waals surface area contributed by atoms with Crippen LogP contribution in [0.3, 0.4) is 0 Å². The van der Waals surface area contributed by atoms with Crippen molar-refractivity contribution in [3.05, 3.63) is 33.8 Å². The molecule has 24 heavy (non-hydrogen) atoms. The van der Waals surface area contributed by atoms with Crippen molar-refractivity contribution in [2.75, 3.05) is 13.1 Å². The summed E-state index contributed by atoms with van der Waals surface area (Å²) in [6, 6.07) is 5.39. The van der Waals surface area contributed by atoms with E-state index in [2.05, 4.69) is 10.6 Å². The maximum absolute atomic E-state index is 11.9. The van der Waals surface area contributed by atoms with Gasteiger partial charge in [-0.25, -0.2) is 4.79 Å². The fraction of sp³-hybridized carbons (Fsp3) is 0.529. The number of hydrogen-bond donors (Lipinski definition) is 2. The molecule has 0 spiro atoms. The standard InChI is InChI=1S/C17H24Cl2N2O3/c1-16(2,3)24-15(23)20-9-14(22)21-10-17(4,5)11-6-7-12(18)13(19)8-11/h6-8H,9-10H2,1-5H3,(H,20,23)(H,21,22). The van der Waals surface area contributed by atoms with Gasteiger partial charge in [0.05, 0.1) is 16.6 Å². The van der Waals surface area contributed by atoms with E-state index in [4.69, 9.17) is 27.9 Å². The quantitative estimate of drug-likeness (QED) is 0.820. The molecule has 0 aromatic heterocycles. The first-order valence-corrected chi connectivity index (χ1v) is 8.35. The third kappa shape index (κ3) is 6.97. The number of benzene rings is 1. The van der Waals surface area contributed by atoms with E-state index in [1.54, 1.807) is 32.9 Å². The Bertz CT molecular complexity index is 610. The van der Waals surface area contributed by atoms with Gasteiger partial charge in [-0.2, -0.15) is 0 Å². The number of carbonyl (C=O) groups excluding carboxylic acids is 2. The molecule has 0 bridgehead atoms. The minimum absolute atomic E-state index is 0.146. The van der Waals surface area contributed by atoms with Crippen LogP contribution < -0.4 is 10.6 Å². The molecule has 0 aliphatic heterocycles. The zero-order chi connectivity index (χ0) is 18.5. The van der Waals surface area contributed by atoms with Crippen molar-refractivity contribution in [1.82, 2.24) is 10.6 Å². The van der Waals surface area contributed by atoms with Gasteiger partial charge < -0.3 is 15.4 Å². The van der Waals surface area contributed by atoms with E-state index >= 15 is 0 Å². The lowest BCUT2D eigenvalue weighted by molar-refractivity contribution is -0.120. The van der Waals surface area contributed by atoms with Gasteiger partial charge in [0.1, 0.15) is 5.60 Å². The molecule has 2 N–H and O–H groups in total. The van der Waals surface area contributed by atoms with E-state index in [1.807, 2.05) is 19.9 Å². The molecule has 134 valence electrons. The Kier molecular flexibility index (Phi) is 6.93. The van der Waals surface area contributed by atoms with E-state index in [1.165, 1.54) is 0 Å². The topological polar surface area (TPSA) is 67.4 Å². The first-order chi connectivity index (χ1) is 10.9. The lowest BCUT2D eigenvalue weighted by Gasteiger charge is -2.26. The lowest BCUT2D eigenvalue weighted by atomic mass is 9.84. The molecule has 0 fully saturated rings. The third-order valence-corrected chi connectivity index (χ3v) is 3.96. The molecule has 1 rings (SSSR count). The Labute approximate surface area is 153 Å². The maximum Gasteiger partial charge on any atom is 0.408 e. The molecule has 0 saturated heterocycles. The molecule has 7 heteroatoms. The second kappa shape index (κ2) is 8.08. The van der Waals surface area contributed by atoms with Crippen LogP contribution in [0.1, 0.15) is 40.2 Å². The van der Waals surface area contributed by atoms with Gasteiger partial charge in [0.25, 0.3) is 0 Å². The smallest absolute Gasteiger partial charge is 0.408 e. The van der Waals surface area contributed by atoms with Gasteiger partial charge >= 0.3 is 6.09 Å². The highest BCUT2D eigenvalue weighted by atomic mass is 35.5. The number of ether oxygens (including phenoxy) is 1. The molecule has 0 unspecified atom stereocenters. The van der Waals surface area contributed by atoms with E-state index in [0.717, 1.165) is 5.56 Å². The van der Waals surface area contributed by atoms with Gasteiger partial charge in [0.15, 0.2) is 0 Å². The van der Waals surface area contributed by atoms with Gasteiger partial charge in [-0.3, -0.25) is 4.79 Å². The number of amides is 2. The molecular weight excluding hydrogens is 351 g/mol. The van der Waals surface area contributed by atoms with Crippen LogP contribution >= 0.6 is 23.2 Å². The van der Waals surface area contributed by atoms with Crippen LogP contribution in [0.5, 0.6) is 0 Å². The summed E-state index contributed by atoms with van der Waals surface area (Å²) in [5.74, 6) is -0.297. The molecule has 0 aliphatic carbocycles. The summed E-state index contributed by atoms with van der Waals surface area (Å²) in [6.07, 6.45) is -0.624. The van der Waals surface area contributed by atoms with Crippen molar-refractivity contribution in [2.24, 2.45) is 0 Å². The van der Waals surface area contributed by atoms with Crippen LogP contribution in [0.4, 0.5) is 4.79 Å². The Morgan fingerprint density at radius 3 is 2.21 bits per heavy atom. The summed E-state index contributed by atoms with van der Waals surface area (Å²) < 4.78 is 5.07. The number of nitrogens with one attached hydrogen (secondary N) is 2. The fourth-order valence-corrected chi connectivity index (χ4v) is 2.17. The highest BCUT2D eigenvalue weighted by molar-refractivity contribution is 6.42. The first kappa shape index (κ1) is 20.6. The van der Waals surface area contributed by atoms with Crippen molar-refractivity contribution < 1.29 is 14.3 Å². The number of alkyl carbamates (subject to hydrolysis) is 1. The predicted molar refractivity (Wildman–Crippen MR) is 96.7 cm³/mol. The minimum Gasteiger partial charge on any atom is -0.444 e. The Morgan fingerprint density at radius 1 is 1.04 bits per heavy atom. The van der Waals surface area contributed by atoms with E-state index in [9.17, 15) is 9.59 Å². The average molecular weight is 375 g/mol. The second-order valence-corrected chi connectivity index (χ2v) is 7.96. The molecule has 0 atom stereocenters. The van der Waals surface area contributed by atoms with Crippen molar-refractivity contribution in [2.45, 2.75) is 45.6 Å². The second-order valence-electron chi connectivity index (χ2n) is 7.14. The molecule has 0 saturated carbocycles. The number of hydrogen-bond acceptors (Lipinski definition) is 3. The summed E-state index contributed by atoms with van der Waals surface area (Å²) in [6.45, 7) is 9.47. The van der Waals surface area contributed by atoms with Gasteiger partial charge in [0.2, 0.25) is 5.91 Å². The van der Waals surface area contributed by atoms with Gasteiger partial charge in [-0.15, -0.1) is 0 Å². The molecule has 1 aromatic carbocycles. The molecule has 2 amide bonds. The average Bonchev–Trinajstić information content (AvgIpc) is 2.44. The third-order valence-electron chi connectivity index (χ3n) is 3.22. The molecule has 0 heterocycles. The van der Waals surface area contributed by atoms with Crippen molar-refractivity contribution in [3.63, 3.8) is 0 Å². The van der Waals surface area contributed by atoms with Crippen molar-refractivity contribution >= 4 is 35.2 Å². The maximum atomic E-state index is 11.9. The van der Waals surface area contributed by atoms with Crippen LogP contribution in [0, 0.1) is 0 Å². The summed E-state index contributed by atoms with van der Waals surface area (Å²) in [7, 11) is 0. The molecule has 0 aliphatic rings. The van der Waals surface area contributed by atoms with E-state index in [0.29, 0.717) is 16.6 Å². The number of carbonyl (C=O) groups is 2. The largest absolute Gasteiger partial charge is 0.444 e. The van der Waals surface area contributed by atoms with E-state index in [-0.39, 0.29) is 17.9 Å². The summed E-state index contributed by atoms with van der Waals surface area (Å²) in [4.78, 5) is 23.4. The van der Waals surface area contributed by atoms with Crippen LogP contribution in [0.25, 0.3) is 0 Å². The van der Waals surface area contributed by atoms with Gasteiger partial charge in [-0.05, 0) is 38.5 Å². The van der Waals surface area contributed by atoms with Crippen LogP contribution in [-0.4, -0.2) is 30.7 Å². The van der Waals surface area contributed by atoms with Crippen molar-refractivity contribution in [3.8, 4) is 0 Å². The van der Waals surface area contributed by atoms with E-state index < -0.39 is 11.7 Å². The minimum atomic E-state index is -0.624. The van der Waals surface area contributed by atoms with Crippen LogP contribution in [0.15, 0.2) is 18.2 Å². The summed E-state index contributed by atoms with van der Waals surface area (Å²) in [5.41, 5.74) is 0.0176. The molecular formula is C17H24Cl2N2O3.